The highest BCUT2D eigenvalue weighted by Crippen LogP contribution is 2.31. The number of aryl methyl sites for hydroxylation is 1. The summed E-state index contributed by atoms with van der Waals surface area (Å²) in [6.45, 7) is 8.29. The third kappa shape index (κ3) is 4.65. The number of amidine groups is 1. The van der Waals surface area contributed by atoms with Gasteiger partial charge in [-0.1, -0.05) is 29.8 Å². The van der Waals surface area contributed by atoms with E-state index in [-0.39, 0.29) is 5.91 Å². The molecule has 4 rings (SSSR count). The van der Waals surface area contributed by atoms with Gasteiger partial charge in [-0.05, 0) is 61.5 Å². The second-order valence-corrected chi connectivity index (χ2v) is 8.13. The van der Waals surface area contributed by atoms with Crippen LogP contribution in [0.5, 0.6) is 5.75 Å². The number of thioether (sulfide) groups is 1. The number of piperazine rings is 1. The first kappa shape index (κ1) is 19.6. The van der Waals surface area contributed by atoms with Gasteiger partial charge in [0.15, 0.2) is 5.17 Å². The monoisotopic (exact) mass is 407 g/mol. The van der Waals surface area contributed by atoms with Crippen LogP contribution in [0.3, 0.4) is 0 Å². The maximum atomic E-state index is 12.4. The van der Waals surface area contributed by atoms with E-state index in [1.165, 1.54) is 23.0 Å². The molecule has 0 aliphatic carbocycles. The second-order valence-electron chi connectivity index (χ2n) is 7.12. The number of nitrogens with zero attached hydrogens (tertiary/aromatic N) is 3. The predicted octanol–water partition coefficient (Wildman–Crippen LogP) is 4.19. The molecular formula is C23H25N3O2S. The van der Waals surface area contributed by atoms with Gasteiger partial charge in [0.05, 0.1) is 11.5 Å². The molecule has 6 heteroatoms. The third-order valence-electron chi connectivity index (χ3n) is 5.05. The van der Waals surface area contributed by atoms with E-state index >= 15 is 0 Å². The van der Waals surface area contributed by atoms with Crippen molar-refractivity contribution in [2.45, 2.75) is 13.8 Å². The van der Waals surface area contributed by atoms with Crippen LogP contribution >= 0.6 is 11.8 Å². The van der Waals surface area contributed by atoms with Crippen LogP contribution in [0.25, 0.3) is 6.08 Å². The first-order valence-corrected chi connectivity index (χ1v) is 10.8. The van der Waals surface area contributed by atoms with E-state index in [0.29, 0.717) is 11.5 Å². The second kappa shape index (κ2) is 8.74. The molecule has 0 N–H and O–H groups in total. The number of anilines is 1. The minimum atomic E-state index is -0.153. The number of hydrogen-bond acceptors (Lipinski definition) is 5. The number of carbonyl (C=O) groups excluding carboxylic acids is 1. The summed E-state index contributed by atoms with van der Waals surface area (Å²) < 4.78 is 5.47. The van der Waals surface area contributed by atoms with Crippen molar-refractivity contribution in [2.75, 3.05) is 37.7 Å². The molecular weight excluding hydrogens is 382 g/mol. The Morgan fingerprint density at radius 3 is 2.31 bits per heavy atom. The van der Waals surface area contributed by atoms with Crippen LogP contribution in [-0.4, -0.2) is 48.8 Å². The molecule has 0 spiro atoms. The molecule has 0 aromatic heterocycles. The van der Waals surface area contributed by atoms with Gasteiger partial charge in [-0.15, -0.1) is 0 Å². The molecule has 0 radical (unpaired) electrons. The van der Waals surface area contributed by atoms with Crippen molar-refractivity contribution < 1.29 is 9.53 Å². The lowest BCUT2D eigenvalue weighted by Crippen LogP contribution is -2.47. The normalized spacial score (nSPS) is 18.3. The van der Waals surface area contributed by atoms with Gasteiger partial charge in [0.25, 0.3) is 5.91 Å². The Bertz CT molecular complexity index is 928. The van der Waals surface area contributed by atoms with Crippen molar-refractivity contribution in [3.05, 3.63) is 64.6 Å². The minimum absolute atomic E-state index is 0.153. The summed E-state index contributed by atoms with van der Waals surface area (Å²) in [5, 5.41) is 0.816. The van der Waals surface area contributed by atoms with Gasteiger partial charge in [0.1, 0.15) is 5.75 Å². The smallest absolute Gasteiger partial charge is 0.286 e. The van der Waals surface area contributed by atoms with Crippen LogP contribution in [-0.2, 0) is 4.79 Å². The first-order chi connectivity index (χ1) is 14.1. The van der Waals surface area contributed by atoms with E-state index in [1.807, 2.05) is 37.3 Å². The number of benzene rings is 2. The summed E-state index contributed by atoms with van der Waals surface area (Å²) in [6, 6.07) is 16.4. The van der Waals surface area contributed by atoms with Gasteiger partial charge in [-0.25, -0.2) is 0 Å². The molecule has 1 saturated heterocycles. The van der Waals surface area contributed by atoms with E-state index in [2.05, 4.69) is 46.0 Å². The molecule has 0 unspecified atom stereocenters. The number of rotatable bonds is 4. The summed E-state index contributed by atoms with van der Waals surface area (Å²) in [6.07, 6.45) is 1.90. The first-order valence-electron chi connectivity index (χ1n) is 9.94. The SMILES string of the molecule is CCOc1ccc(/C=C2/SC(N3CCN(c4ccc(C)cc4)CC3)=NC2=O)cc1. The zero-order valence-electron chi connectivity index (χ0n) is 16.8. The highest BCUT2D eigenvalue weighted by Gasteiger charge is 2.28. The van der Waals surface area contributed by atoms with E-state index in [4.69, 9.17) is 4.74 Å². The Morgan fingerprint density at radius 2 is 1.66 bits per heavy atom. The fraction of sp³-hybridized carbons (Fsp3) is 0.304. The summed E-state index contributed by atoms with van der Waals surface area (Å²) in [7, 11) is 0. The van der Waals surface area contributed by atoms with Crippen LogP contribution in [0.2, 0.25) is 0 Å². The van der Waals surface area contributed by atoms with Gasteiger partial charge in [-0.3, -0.25) is 4.79 Å². The molecule has 2 heterocycles. The Kier molecular flexibility index (Phi) is 5.90. The maximum Gasteiger partial charge on any atom is 0.286 e. The molecule has 2 aliphatic heterocycles. The summed E-state index contributed by atoms with van der Waals surface area (Å²) in [5.74, 6) is 0.684. The van der Waals surface area contributed by atoms with Gasteiger partial charge in [0, 0.05) is 31.9 Å². The van der Waals surface area contributed by atoms with Gasteiger partial charge < -0.3 is 14.5 Å². The summed E-state index contributed by atoms with van der Waals surface area (Å²) in [5.41, 5.74) is 3.50. The topological polar surface area (TPSA) is 45.1 Å². The predicted molar refractivity (Wildman–Crippen MR) is 121 cm³/mol. The lowest BCUT2D eigenvalue weighted by Gasteiger charge is -2.36. The van der Waals surface area contributed by atoms with Crippen molar-refractivity contribution in [2.24, 2.45) is 4.99 Å². The Hall–Kier alpha value is -2.73. The van der Waals surface area contributed by atoms with Gasteiger partial charge in [0.2, 0.25) is 0 Å². The Labute approximate surface area is 176 Å². The quantitative estimate of drug-likeness (QED) is 0.712. The van der Waals surface area contributed by atoms with Gasteiger partial charge >= 0.3 is 0 Å². The van der Waals surface area contributed by atoms with Crippen molar-refractivity contribution in [3.8, 4) is 5.75 Å². The lowest BCUT2D eigenvalue weighted by molar-refractivity contribution is -0.113. The molecule has 1 amide bonds. The molecule has 1 fully saturated rings. The number of ether oxygens (including phenoxy) is 1. The largest absolute Gasteiger partial charge is 0.494 e. The highest BCUT2D eigenvalue weighted by molar-refractivity contribution is 8.18. The fourth-order valence-corrected chi connectivity index (χ4v) is 4.39. The van der Waals surface area contributed by atoms with Crippen LogP contribution in [0.1, 0.15) is 18.1 Å². The molecule has 2 aromatic carbocycles. The molecule has 2 aliphatic rings. The standard InChI is InChI=1S/C23H25N3O2S/c1-3-28-20-10-6-18(7-11-20)16-21-22(27)24-23(29-21)26-14-12-25(13-15-26)19-8-4-17(2)5-9-19/h4-11,16H,3,12-15H2,1-2H3/b21-16+. The van der Waals surface area contributed by atoms with E-state index < -0.39 is 0 Å². The molecule has 0 bridgehead atoms. The van der Waals surface area contributed by atoms with E-state index in [1.54, 1.807) is 0 Å². The zero-order valence-corrected chi connectivity index (χ0v) is 17.6. The van der Waals surface area contributed by atoms with E-state index in [9.17, 15) is 4.79 Å². The highest BCUT2D eigenvalue weighted by atomic mass is 32.2. The molecule has 0 saturated carbocycles. The third-order valence-corrected chi connectivity index (χ3v) is 6.09. The molecule has 29 heavy (non-hydrogen) atoms. The van der Waals surface area contributed by atoms with Crippen molar-refractivity contribution in [1.82, 2.24) is 4.90 Å². The minimum Gasteiger partial charge on any atom is -0.494 e. The molecule has 0 atom stereocenters. The average molecular weight is 408 g/mol. The van der Waals surface area contributed by atoms with E-state index in [0.717, 1.165) is 42.7 Å². The molecule has 2 aromatic rings. The lowest BCUT2D eigenvalue weighted by atomic mass is 10.2. The van der Waals surface area contributed by atoms with Crippen molar-refractivity contribution >= 4 is 34.6 Å². The zero-order chi connectivity index (χ0) is 20.2. The summed E-state index contributed by atoms with van der Waals surface area (Å²) >= 11 is 1.47. The van der Waals surface area contributed by atoms with Crippen LogP contribution < -0.4 is 9.64 Å². The molecule has 150 valence electrons. The van der Waals surface area contributed by atoms with Gasteiger partial charge in [-0.2, -0.15) is 4.99 Å². The number of aliphatic imine (C=N–C) groups is 1. The van der Waals surface area contributed by atoms with Crippen molar-refractivity contribution in [3.63, 3.8) is 0 Å². The van der Waals surface area contributed by atoms with Crippen LogP contribution in [0.4, 0.5) is 5.69 Å². The molecule has 5 nitrogen and oxygen atoms in total. The van der Waals surface area contributed by atoms with Crippen LogP contribution in [0.15, 0.2) is 58.4 Å². The number of hydrogen-bond donors (Lipinski definition) is 0. The number of carbonyl (C=O) groups is 1. The maximum absolute atomic E-state index is 12.4. The average Bonchev–Trinajstić information content (AvgIpc) is 3.11. The Morgan fingerprint density at radius 1 is 1.00 bits per heavy atom. The number of amides is 1. The Balaban J connectivity index is 1.36. The fourth-order valence-electron chi connectivity index (χ4n) is 3.42. The van der Waals surface area contributed by atoms with Crippen LogP contribution in [0, 0.1) is 6.92 Å². The summed E-state index contributed by atoms with van der Waals surface area (Å²) in [4.78, 5) is 22.0. The van der Waals surface area contributed by atoms with Crippen molar-refractivity contribution in [1.29, 1.82) is 0 Å².